The number of carboxylic acids is 1. The van der Waals surface area contributed by atoms with Gasteiger partial charge in [-0.15, -0.1) is 0 Å². The molecule has 0 rings (SSSR count). The molecule has 5 nitrogen and oxygen atoms in total. The van der Waals surface area contributed by atoms with Gasteiger partial charge in [0.1, 0.15) is 6.54 Å². The van der Waals surface area contributed by atoms with E-state index in [1.165, 1.54) is 89.9 Å². The maximum Gasteiger partial charge on any atom is 0.306 e. The second-order valence-corrected chi connectivity index (χ2v) is 10.9. The molecule has 0 aromatic heterocycles. The van der Waals surface area contributed by atoms with E-state index in [1.54, 1.807) is 0 Å². The van der Waals surface area contributed by atoms with Crippen molar-refractivity contribution in [3.8, 4) is 0 Å². The summed E-state index contributed by atoms with van der Waals surface area (Å²) in [5, 5.41) is 10.9. The van der Waals surface area contributed by atoms with Crippen LogP contribution in [0.4, 0.5) is 0 Å². The second-order valence-electron chi connectivity index (χ2n) is 10.9. The van der Waals surface area contributed by atoms with Crippen LogP contribution in [-0.2, 0) is 14.3 Å². The van der Waals surface area contributed by atoms with Crippen molar-refractivity contribution in [1.29, 1.82) is 0 Å². The van der Waals surface area contributed by atoms with Gasteiger partial charge < -0.3 is 19.1 Å². The van der Waals surface area contributed by atoms with Crippen molar-refractivity contribution in [3.63, 3.8) is 0 Å². The highest BCUT2D eigenvalue weighted by Gasteiger charge is 2.22. The van der Waals surface area contributed by atoms with Crippen LogP contribution in [0.5, 0.6) is 0 Å². The second kappa shape index (κ2) is 22.1. The Kier molecular flexibility index (Phi) is 21.2. The number of ether oxygens (including phenoxy) is 1. The maximum atomic E-state index is 12.1. The van der Waals surface area contributed by atoms with E-state index in [0.29, 0.717) is 17.4 Å². The molecule has 0 radical (unpaired) electrons. The summed E-state index contributed by atoms with van der Waals surface area (Å²) >= 11 is 0. The summed E-state index contributed by atoms with van der Waals surface area (Å²) in [7, 11) is 5.85. The zero-order valence-electron chi connectivity index (χ0n) is 23.0. The van der Waals surface area contributed by atoms with Gasteiger partial charge in [-0.3, -0.25) is 4.79 Å². The molecule has 0 fully saturated rings. The van der Waals surface area contributed by atoms with Gasteiger partial charge in [0.25, 0.3) is 0 Å². The number of esters is 1. The van der Waals surface area contributed by atoms with Crippen LogP contribution in [0.3, 0.4) is 0 Å². The van der Waals surface area contributed by atoms with E-state index in [4.69, 9.17) is 4.74 Å². The predicted molar refractivity (Wildman–Crippen MR) is 140 cm³/mol. The molecule has 5 heteroatoms. The first-order chi connectivity index (χ1) is 16.2. The fraction of sp³-hybridized carbons (Fsp3) is 0.862. The van der Waals surface area contributed by atoms with E-state index in [9.17, 15) is 14.7 Å². The van der Waals surface area contributed by atoms with E-state index < -0.39 is 12.1 Å². The number of aliphatic carboxylic acids is 1. The van der Waals surface area contributed by atoms with Crippen molar-refractivity contribution in [2.75, 3.05) is 27.7 Å². The average Bonchev–Trinajstić information content (AvgIpc) is 2.73. The predicted octanol–water partition coefficient (Wildman–Crippen LogP) is 6.34. The zero-order valence-corrected chi connectivity index (χ0v) is 23.0. The molecule has 0 heterocycles. The Morgan fingerprint density at radius 1 is 0.735 bits per heavy atom. The fourth-order valence-electron chi connectivity index (χ4n) is 4.23. The van der Waals surface area contributed by atoms with Crippen LogP contribution in [0.15, 0.2) is 12.2 Å². The van der Waals surface area contributed by atoms with Gasteiger partial charge in [0, 0.05) is 18.8 Å². The number of quaternary nitrogens is 1. The quantitative estimate of drug-likeness (QED) is 0.0698. The first-order valence-corrected chi connectivity index (χ1v) is 14.1. The largest absolute Gasteiger partial charge is 0.550 e. The number of allylic oxidation sites excluding steroid dienone is 2. The number of likely N-dealkylation sites (N-methyl/N-ethyl adjacent to an activating group) is 1. The lowest BCUT2D eigenvalue weighted by Gasteiger charge is -2.29. The molecule has 0 aliphatic heterocycles. The standard InChI is InChI=1S/C29H55NO4/c1-5-6-7-8-9-10-11-12-13-14-15-16-17-18-19-20-21-22-23-24-29(33)34-27(25-28(31)32)26-30(2,3)4/h12-13,27H,5-11,14-26H2,1-4H3/b13-12-/t27-/m1/s1. The number of carboxylic acid groups (broad SMARTS) is 1. The summed E-state index contributed by atoms with van der Waals surface area (Å²) in [5.74, 6) is -1.47. The smallest absolute Gasteiger partial charge is 0.306 e. The number of hydrogen-bond donors (Lipinski definition) is 0. The van der Waals surface area contributed by atoms with Crippen molar-refractivity contribution in [3.05, 3.63) is 12.2 Å². The van der Waals surface area contributed by atoms with Gasteiger partial charge in [0.15, 0.2) is 6.10 Å². The third-order valence-electron chi connectivity index (χ3n) is 6.09. The van der Waals surface area contributed by atoms with Crippen LogP contribution in [0.25, 0.3) is 0 Å². The monoisotopic (exact) mass is 481 g/mol. The number of rotatable bonds is 24. The van der Waals surface area contributed by atoms with E-state index >= 15 is 0 Å². The van der Waals surface area contributed by atoms with E-state index in [2.05, 4.69) is 19.1 Å². The van der Waals surface area contributed by atoms with E-state index in [1.807, 2.05) is 21.1 Å². The lowest BCUT2D eigenvalue weighted by atomic mass is 10.1. The van der Waals surface area contributed by atoms with Crippen LogP contribution >= 0.6 is 0 Å². The minimum Gasteiger partial charge on any atom is -0.550 e. The number of carbonyl (C=O) groups is 2. The first-order valence-electron chi connectivity index (χ1n) is 14.1. The molecule has 0 aromatic carbocycles. The molecule has 0 saturated heterocycles. The lowest BCUT2D eigenvalue weighted by Crippen LogP contribution is -2.45. The Hall–Kier alpha value is -1.36. The molecule has 1 atom stereocenters. The molecule has 0 aliphatic rings. The van der Waals surface area contributed by atoms with Crippen molar-refractivity contribution < 1.29 is 23.9 Å². The molecule has 0 aliphatic carbocycles. The molecule has 0 saturated carbocycles. The maximum absolute atomic E-state index is 12.1. The molecular weight excluding hydrogens is 426 g/mol. The molecule has 0 amide bonds. The van der Waals surface area contributed by atoms with Crippen molar-refractivity contribution >= 4 is 11.9 Å². The highest BCUT2D eigenvalue weighted by atomic mass is 16.5. The van der Waals surface area contributed by atoms with E-state index in [0.717, 1.165) is 19.3 Å². The van der Waals surface area contributed by atoms with Crippen molar-refractivity contribution in [2.24, 2.45) is 0 Å². The average molecular weight is 482 g/mol. The van der Waals surface area contributed by atoms with Crippen LogP contribution in [0.2, 0.25) is 0 Å². The number of unbranched alkanes of at least 4 members (excludes halogenated alkanes) is 15. The van der Waals surface area contributed by atoms with Gasteiger partial charge in [0.2, 0.25) is 0 Å². The summed E-state index contributed by atoms with van der Waals surface area (Å²) in [6, 6.07) is 0. The SMILES string of the molecule is CCCCCCCC/C=C\CCCCCCCCCCCC(=O)O[C@H](CC(=O)[O-])C[N+](C)(C)C. The van der Waals surface area contributed by atoms with Crippen LogP contribution in [-0.4, -0.2) is 50.2 Å². The molecular formula is C29H55NO4. The molecule has 0 N–H and O–H groups in total. The van der Waals surface area contributed by atoms with Gasteiger partial charge >= 0.3 is 5.97 Å². The summed E-state index contributed by atoms with van der Waals surface area (Å²) in [5.41, 5.74) is 0. The molecule has 0 aromatic rings. The molecule has 0 spiro atoms. The number of carbonyl (C=O) groups excluding carboxylic acids is 2. The first kappa shape index (κ1) is 32.6. The molecule has 34 heavy (non-hydrogen) atoms. The minimum atomic E-state index is -1.17. The van der Waals surface area contributed by atoms with Crippen molar-refractivity contribution in [2.45, 2.75) is 135 Å². The van der Waals surface area contributed by atoms with Crippen LogP contribution in [0, 0.1) is 0 Å². The Balaban J connectivity index is 3.52. The summed E-state index contributed by atoms with van der Waals surface area (Å²) in [6.45, 7) is 2.73. The van der Waals surface area contributed by atoms with Crippen molar-refractivity contribution in [1.82, 2.24) is 0 Å². The Morgan fingerprint density at radius 3 is 1.62 bits per heavy atom. The third-order valence-corrected chi connectivity index (χ3v) is 6.09. The Bertz CT molecular complexity index is 525. The normalized spacial score (nSPS) is 12.8. The molecule has 200 valence electrons. The van der Waals surface area contributed by atoms with Gasteiger partial charge in [-0.05, 0) is 32.1 Å². The Labute approximate surface area is 210 Å². The summed E-state index contributed by atoms with van der Waals surface area (Å²) in [4.78, 5) is 23.0. The number of nitrogens with zero attached hydrogens (tertiary/aromatic N) is 1. The van der Waals surface area contributed by atoms with Gasteiger partial charge in [0.05, 0.1) is 21.1 Å². The minimum absolute atomic E-state index is 0.239. The van der Waals surface area contributed by atoms with Gasteiger partial charge in [-0.25, -0.2) is 0 Å². The summed E-state index contributed by atoms with van der Waals surface area (Å²) < 4.78 is 5.94. The highest BCUT2D eigenvalue weighted by molar-refractivity contribution is 5.70. The highest BCUT2D eigenvalue weighted by Crippen LogP contribution is 2.13. The topological polar surface area (TPSA) is 66.4 Å². The fourth-order valence-corrected chi connectivity index (χ4v) is 4.23. The van der Waals surface area contributed by atoms with Gasteiger partial charge in [-0.2, -0.15) is 0 Å². The molecule has 0 unspecified atom stereocenters. The third kappa shape index (κ3) is 25.3. The Morgan fingerprint density at radius 2 is 1.18 bits per heavy atom. The molecule has 0 bridgehead atoms. The van der Waals surface area contributed by atoms with E-state index in [-0.39, 0.29) is 12.4 Å². The van der Waals surface area contributed by atoms with Crippen LogP contribution < -0.4 is 5.11 Å². The number of hydrogen-bond acceptors (Lipinski definition) is 4. The lowest BCUT2D eigenvalue weighted by molar-refractivity contribution is -0.873. The zero-order chi connectivity index (χ0) is 25.5. The van der Waals surface area contributed by atoms with Crippen LogP contribution in [0.1, 0.15) is 129 Å². The summed E-state index contributed by atoms with van der Waals surface area (Å²) in [6.07, 6.45) is 25.7. The van der Waals surface area contributed by atoms with Gasteiger partial charge in [-0.1, -0.05) is 96.1 Å².